The summed E-state index contributed by atoms with van der Waals surface area (Å²) in [4.78, 5) is 32.5. The molecule has 1 aliphatic rings. The van der Waals surface area contributed by atoms with Gasteiger partial charge in [-0.3, -0.25) is 9.13 Å². The third kappa shape index (κ3) is 4.34. The smallest absolute Gasteiger partial charge is 0.410 e. The molecule has 7 nitrogen and oxygen atoms in total. The third-order valence-corrected chi connectivity index (χ3v) is 6.39. The van der Waals surface area contributed by atoms with E-state index in [9.17, 15) is 9.59 Å². The standard InChI is InChI=1S/C28H30N4O3/c1-19-8-5-6-9-23(19)20-11-13-21(14-12-20)31-24-10-7-16-29-25(24)32(26(31)33)22-15-17-30(18-22)27(34)35-28(2,3)4/h5-14,16,22H,15,17-18H2,1-4H3/t22-/m0/s1. The number of amides is 1. The quantitative estimate of drug-likeness (QED) is 0.405. The number of hydrogen-bond acceptors (Lipinski definition) is 4. The minimum Gasteiger partial charge on any atom is -0.444 e. The van der Waals surface area contributed by atoms with Gasteiger partial charge in [0.2, 0.25) is 0 Å². The van der Waals surface area contributed by atoms with Gasteiger partial charge in [-0.25, -0.2) is 14.6 Å². The van der Waals surface area contributed by atoms with E-state index in [2.05, 4.69) is 24.0 Å². The van der Waals surface area contributed by atoms with Crippen molar-refractivity contribution in [3.05, 3.63) is 82.9 Å². The van der Waals surface area contributed by atoms with Crippen LogP contribution in [-0.4, -0.2) is 43.8 Å². The number of likely N-dealkylation sites (tertiary alicyclic amines) is 1. The number of hydrogen-bond donors (Lipinski definition) is 0. The van der Waals surface area contributed by atoms with Gasteiger partial charge in [0.1, 0.15) is 5.60 Å². The molecule has 5 rings (SSSR count). The normalized spacial score (nSPS) is 16.1. The molecule has 2 aromatic heterocycles. The van der Waals surface area contributed by atoms with Crippen molar-refractivity contribution in [2.45, 2.75) is 45.8 Å². The highest BCUT2D eigenvalue weighted by Crippen LogP contribution is 2.28. The molecule has 4 aromatic rings. The molecule has 1 amide bonds. The van der Waals surface area contributed by atoms with Gasteiger partial charge in [0, 0.05) is 19.3 Å². The van der Waals surface area contributed by atoms with E-state index in [-0.39, 0.29) is 17.8 Å². The highest BCUT2D eigenvalue weighted by molar-refractivity contribution is 5.75. The van der Waals surface area contributed by atoms with Crippen LogP contribution in [0.5, 0.6) is 0 Å². The molecule has 0 unspecified atom stereocenters. The summed E-state index contributed by atoms with van der Waals surface area (Å²) in [5.41, 5.74) is 4.91. The van der Waals surface area contributed by atoms with Crippen molar-refractivity contribution in [3.8, 4) is 16.8 Å². The van der Waals surface area contributed by atoms with Crippen LogP contribution < -0.4 is 5.69 Å². The first kappa shape index (κ1) is 22.9. The molecule has 2 aromatic carbocycles. The highest BCUT2D eigenvalue weighted by atomic mass is 16.6. The van der Waals surface area contributed by atoms with E-state index in [4.69, 9.17) is 4.74 Å². The van der Waals surface area contributed by atoms with Gasteiger partial charge in [0.15, 0.2) is 5.65 Å². The number of aryl methyl sites for hydroxylation is 1. The lowest BCUT2D eigenvalue weighted by molar-refractivity contribution is 0.0289. The van der Waals surface area contributed by atoms with Crippen molar-refractivity contribution in [1.29, 1.82) is 0 Å². The molecule has 0 aliphatic carbocycles. The zero-order valence-corrected chi connectivity index (χ0v) is 20.6. The van der Waals surface area contributed by atoms with Crippen molar-refractivity contribution in [2.24, 2.45) is 0 Å². The zero-order chi connectivity index (χ0) is 24.7. The lowest BCUT2D eigenvalue weighted by Crippen LogP contribution is -2.36. The Balaban J connectivity index is 1.50. The van der Waals surface area contributed by atoms with Crippen molar-refractivity contribution < 1.29 is 9.53 Å². The van der Waals surface area contributed by atoms with Gasteiger partial charge >= 0.3 is 11.8 Å². The number of ether oxygens (including phenoxy) is 1. The molecule has 0 bridgehead atoms. The maximum atomic E-state index is 13.7. The summed E-state index contributed by atoms with van der Waals surface area (Å²) >= 11 is 0. The van der Waals surface area contributed by atoms with E-state index in [1.165, 1.54) is 11.1 Å². The third-order valence-electron chi connectivity index (χ3n) is 6.39. The van der Waals surface area contributed by atoms with Gasteiger partial charge < -0.3 is 9.64 Å². The lowest BCUT2D eigenvalue weighted by Gasteiger charge is -2.24. The lowest BCUT2D eigenvalue weighted by atomic mass is 10.0. The number of carbonyl (C=O) groups is 1. The molecule has 1 aliphatic heterocycles. The molecular weight excluding hydrogens is 440 g/mol. The Bertz CT molecular complexity index is 1440. The maximum absolute atomic E-state index is 13.7. The van der Waals surface area contributed by atoms with Crippen LogP contribution in [-0.2, 0) is 4.74 Å². The Labute approximate surface area is 204 Å². The molecule has 0 saturated carbocycles. The summed E-state index contributed by atoms with van der Waals surface area (Å²) in [5, 5.41) is 0. The maximum Gasteiger partial charge on any atom is 0.410 e. The summed E-state index contributed by atoms with van der Waals surface area (Å²) in [6.07, 6.45) is 2.02. The first-order valence-corrected chi connectivity index (χ1v) is 12.0. The molecule has 7 heteroatoms. The predicted molar refractivity (Wildman–Crippen MR) is 137 cm³/mol. The SMILES string of the molecule is Cc1ccccc1-c1ccc(-n2c(=O)n([C@H]3CCN(C(=O)OC(C)(C)C)C3)c3ncccc32)cc1. The Morgan fingerprint density at radius 1 is 1.03 bits per heavy atom. The molecule has 180 valence electrons. The largest absolute Gasteiger partial charge is 0.444 e. The van der Waals surface area contributed by atoms with Crippen LogP contribution in [0.25, 0.3) is 28.0 Å². The molecule has 0 radical (unpaired) electrons. The second-order valence-electron chi connectivity index (χ2n) is 10.1. The van der Waals surface area contributed by atoms with Gasteiger partial charge in [0.25, 0.3) is 0 Å². The Morgan fingerprint density at radius 2 is 1.77 bits per heavy atom. The summed E-state index contributed by atoms with van der Waals surface area (Å²) in [5.74, 6) is 0. The molecule has 3 heterocycles. The van der Waals surface area contributed by atoms with Crippen LogP contribution >= 0.6 is 0 Å². The highest BCUT2D eigenvalue weighted by Gasteiger charge is 2.33. The van der Waals surface area contributed by atoms with E-state index >= 15 is 0 Å². The van der Waals surface area contributed by atoms with Crippen LogP contribution in [0.15, 0.2) is 71.7 Å². The number of nitrogens with zero attached hydrogens (tertiary/aromatic N) is 4. The number of pyridine rings is 1. The molecule has 0 N–H and O–H groups in total. The molecule has 0 spiro atoms. The average molecular weight is 471 g/mol. The number of carbonyl (C=O) groups excluding carboxylic acids is 1. The fourth-order valence-electron chi connectivity index (χ4n) is 4.76. The topological polar surface area (TPSA) is 69.4 Å². The van der Waals surface area contributed by atoms with E-state index in [0.717, 1.165) is 16.8 Å². The number of benzene rings is 2. The summed E-state index contributed by atoms with van der Waals surface area (Å²) < 4.78 is 8.97. The van der Waals surface area contributed by atoms with E-state index in [1.54, 1.807) is 20.2 Å². The Kier molecular flexibility index (Phi) is 5.71. The second kappa shape index (κ2) is 8.73. The van der Waals surface area contributed by atoms with Crippen LogP contribution in [0.3, 0.4) is 0 Å². The first-order valence-electron chi connectivity index (χ1n) is 12.0. The number of rotatable bonds is 3. The Hall–Kier alpha value is -3.87. The summed E-state index contributed by atoms with van der Waals surface area (Å²) in [6, 6.07) is 19.9. The van der Waals surface area contributed by atoms with Crippen molar-refractivity contribution in [1.82, 2.24) is 19.0 Å². The van der Waals surface area contributed by atoms with Gasteiger partial charge in [-0.05, 0) is 75.1 Å². The molecule has 1 fully saturated rings. The Morgan fingerprint density at radius 3 is 2.49 bits per heavy atom. The number of aromatic nitrogens is 3. The zero-order valence-electron chi connectivity index (χ0n) is 20.6. The fraction of sp³-hybridized carbons (Fsp3) is 0.321. The van der Waals surface area contributed by atoms with E-state index in [0.29, 0.717) is 25.2 Å². The minimum absolute atomic E-state index is 0.154. The van der Waals surface area contributed by atoms with Crippen LogP contribution in [0, 0.1) is 6.92 Å². The monoisotopic (exact) mass is 470 g/mol. The van der Waals surface area contributed by atoms with Gasteiger partial charge in [-0.15, -0.1) is 0 Å². The van der Waals surface area contributed by atoms with Gasteiger partial charge in [-0.2, -0.15) is 0 Å². The number of fused-ring (bicyclic) bond motifs is 1. The van der Waals surface area contributed by atoms with Crippen LogP contribution in [0.2, 0.25) is 0 Å². The van der Waals surface area contributed by atoms with Crippen molar-refractivity contribution in [2.75, 3.05) is 13.1 Å². The molecule has 1 saturated heterocycles. The van der Waals surface area contributed by atoms with Gasteiger partial charge in [-0.1, -0.05) is 36.4 Å². The summed E-state index contributed by atoms with van der Waals surface area (Å²) in [6.45, 7) is 8.60. The average Bonchev–Trinajstić information content (AvgIpc) is 3.41. The second-order valence-corrected chi connectivity index (χ2v) is 10.1. The molecular formula is C28H30N4O3. The van der Waals surface area contributed by atoms with E-state index in [1.807, 2.05) is 69.3 Å². The predicted octanol–water partition coefficient (Wildman–Crippen LogP) is 5.34. The van der Waals surface area contributed by atoms with Crippen molar-refractivity contribution in [3.63, 3.8) is 0 Å². The number of imidazole rings is 1. The summed E-state index contributed by atoms with van der Waals surface area (Å²) in [7, 11) is 0. The van der Waals surface area contributed by atoms with Crippen LogP contribution in [0.1, 0.15) is 38.8 Å². The van der Waals surface area contributed by atoms with Crippen LogP contribution in [0.4, 0.5) is 4.79 Å². The first-order chi connectivity index (χ1) is 16.7. The van der Waals surface area contributed by atoms with Gasteiger partial charge in [0.05, 0.1) is 17.2 Å². The van der Waals surface area contributed by atoms with E-state index < -0.39 is 5.60 Å². The van der Waals surface area contributed by atoms with Crippen molar-refractivity contribution >= 4 is 17.3 Å². The molecule has 1 atom stereocenters. The fourth-order valence-corrected chi connectivity index (χ4v) is 4.76. The molecule has 35 heavy (non-hydrogen) atoms. The minimum atomic E-state index is -0.561.